The van der Waals surface area contributed by atoms with E-state index in [4.69, 9.17) is 9.47 Å². The average molecular weight is 259 g/mol. The maximum Gasteiger partial charge on any atom is 0.407 e. The van der Waals surface area contributed by atoms with Crippen LogP contribution in [0.5, 0.6) is 5.75 Å². The molecule has 4 heteroatoms. The molecule has 0 spiro atoms. The zero-order valence-electron chi connectivity index (χ0n) is 10.9. The number of methoxy groups -OCH3 is 1. The molecular weight excluding hydrogens is 242 g/mol. The topological polar surface area (TPSA) is 47.6 Å². The van der Waals surface area contributed by atoms with Crippen LogP contribution < -0.4 is 10.1 Å². The average Bonchev–Trinajstić information content (AvgIpc) is 2.72. The van der Waals surface area contributed by atoms with Gasteiger partial charge in [0, 0.05) is 17.5 Å². The van der Waals surface area contributed by atoms with Crippen molar-refractivity contribution >= 4 is 6.09 Å². The van der Waals surface area contributed by atoms with Crippen LogP contribution in [0.25, 0.3) is 0 Å². The van der Waals surface area contributed by atoms with Crippen molar-refractivity contribution in [1.82, 2.24) is 5.32 Å². The Hall–Kier alpha value is -1.97. The standard InChI is InChI=1S/C15H17NO3/c1-3-6-15-8-10-4-5-11(18-2)7-12(10)13(15)19-14(17)16-9-15/h3-5,7,13H,1,6,8-9H2,2H3,(H,16,17)/t13-,15+/m0/s1. The molecule has 1 amide bonds. The summed E-state index contributed by atoms with van der Waals surface area (Å²) in [6.45, 7) is 4.46. The number of ether oxygens (including phenoxy) is 2. The van der Waals surface area contributed by atoms with Crippen LogP contribution in [-0.4, -0.2) is 19.7 Å². The third kappa shape index (κ3) is 1.79. The van der Waals surface area contributed by atoms with E-state index in [1.165, 1.54) is 5.56 Å². The second kappa shape index (κ2) is 4.30. The minimum atomic E-state index is -0.347. The summed E-state index contributed by atoms with van der Waals surface area (Å²) in [5.41, 5.74) is 2.19. The third-order valence-corrected chi connectivity index (χ3v) is 4.09. The Kier molecular flexibility index (Phi) is 2.73. The Bertz CT molecular complexity index is 540. The Labute approximate surface area is 112 Å². The van der Waals surface area contributed by atoms with Crippen molar-refractivity contribution in [2.24, 2.45) is 5.41 Å². The van der Waals surface area contributed by atoms with Gasteiger partial charge in [0.25, 0.3) is 0 Å². The molecule has 0 aromatic heterocycles. The molecule has 0 unspecified atom stereocenters. The van der Waals surface area contributed by atoms with Gasteiger partial charge in [0.2, 0.25) is 0 Å². The fourth-order valence-corrected chi connectivity index (χ4v) is 3.19. The molecule has 1 N–H and O–H groups in total. The summed E-state index contributed by atoms with van der Waals surface area (Å²) < 4.78 is 10.8. The van der Waals surface area contributed by atoms with Crippen LogP contribution in [0.15, 0.2) is 30.9 Å². The number of hydrogen-bond acceptors (Lipinski definition) is 3. The van der Waals surface area contributed by atoms with Crippen molar-refractivity contribution < 1.29 is 14.3 Å². The number of amides is 1. The molecular formula is C15H17NO3. The summed E-state index contributed by atoms with van der Waals surface area (Å²) in [5, 5.41) is 2.80. The van der Waals surface area contributed by atoms with Gasteiger partial charge in [0.15, 0.2) is 0 Å². The lowest BCUT2D eigenvalue weighted by Crippen LogP contribution is -2.47. The van der Waals surface area contributed by atoms with Crippen molar-refractivity contribution in [3.63, 3.8) is 0 Å². The molecule has 1 fully saturated rings. The molecule has 2 aliphatic rings. The Morgan fingerprint density at radius 3 is 3.21 bits per heavy atom. The van der Waals surface area contributed by atoms with E-state index >= 15 is 0 Å². The Balaban J connectivity index is 2.05. The van der Waals surface area contributed by atoms with Gasteiger partial charge >= 0.3 is 6.09 Å². The zero-order valence-corrected chi connectivity index (χ0v) is 10.9. The van der Waals surface area contributed by atoms with Crippen molar-refractivity contribution in [3.8, 4) is 5.75 Å². The highest BCUT2D eigenvalue weighted by Gasteiger charge is 2.50. The maximum atomic E-state index is 11.5. The second-order valence-corrected chi connectivity index (χ2v) is 5.24. The number of carbonyl (C=O) groups excluding carboxylic acids is 1. The number of fused-ring (bicyclic) bond motifs is 3. The molecule has 2 atom stereocenters. The SMILES string of the molecule is C=CC[C@@]12CNC(=O)O[C@H]1c1cc(OC)ccc1C2. The monoisotopic (exact) mass is 259 g/mol. The first-order valence-corrected chi connectivity index (χ1v) is 6.41. The minimum absolute atomic E-state index is 0.107. The number of hydrogen-bond donors (Lipinski definition) is 1. The molecule has 1 aromatic carbocycles. The Morgan fingerprint density at radius 1 is 1.63 bits per heavy atom. The van der Waals surface area contributed by atoms with E-state index in [0.29, 0.717) is 6.54 Å². The largest absolute Gasteiger partial charge is 0.497 e. The summed E-state index contributed by atoms with van der Waals surface area (Å²) in [5.74, 6) is 0.794. The Morgan fingerprint density at radius 2 is 2.47 bits per heavy atom. The summed E-state index contributed by atoms with van der Waals surface area (Å²) in [7, 11) is 1.64. The summed E-state index contributed by atoms with van der Waals surface area (Å²) in [6, 6.07) is 5.99. The molecule has 3 rings (SSSR count). The summed E-state index contributed by atoms with van der Waals surface area (Å²) in [6.07, 6.45) is 3.06. The molecule has 1 aliphatic heterocycles. The first kappa shape index (κ1) is 12.1. The van der Waals surface area contributed by atoms with Crippen LogP contribution in [-0.2, 0) is 11.2 Å². The van der Waals surface area contributed by atoms with Crippen molar-refractivity contribution in [2.45, 2.75) is 18.9 Å². The molecule has 1 heterocycles. The fraction of sp³-hybridized carbons (Fsp3) is 0.400. The van der Waals surface area contributed by atoms with Gasteiger partial charge in [-0.05, 0) is 30.5 Å². The van der Waals surface area contributed by atoms with Crippen LogP contribution in [0.4, 0.5) is 4.79 Å². The number of rotatable bonds is 3. The molecule has 0 saturated carbocycles. The fourth-order valence-electron chi connectivity index (χ4n) is 3.19. The van der Waals surface area contributed by atoms with Gasteiger partial charge in [-0.25, -0.2) is 4.79 Å². The smallest absolute Gasteiger partial charge is 0.407 e. The minimum Gasteiger partial charge on any atom is -0.497 e. The van der Waals surface area contributed by atoms with E-state index in [-0.39, 0.29) is 17.6 Å². The van der Waals surface area contributed by atoms with E-state index in [2.05, 4.69) is 18.0 Å². The quantitative estimate of drug-likeness (QED) is 0.849. The van der Waals surface area contributed by atoms with Gasteiger partial charge in [-0.15, -0.1) is 6.58 Å². The lowest BCUT2D eigenvalue weighted by atomic mass is 9.78. The summed E-state index contributed by atoms with van der Waals surface area (Å²) in [4.78, 5) is 11.5. The van der Waals surface area contributed by atoms with Crippen molar-refractivity contribution in [1.29, 1.82) is 0 Å². The van der Waals surface area contributed by atoms with Crippen molar-refractivity contribution in [3.05, 3.63) is 42.0 Å². The highest BCUT2D eigenvalue weighted by Crippen LogP contribution is 2.52. The third-order valence-electron chi connectivity index (χ3n) is 4.09. The van der Waals surface area contributed by atoms with Gasteiger partial charge in [-0.2, -0.15) is 0 Å². The first-order valence-electron chi connectivity index (χ1n) is 6.41. The van der Waals surface area contributed by atoms with Gasteiger partial charge in [0.05, 0.1) is 7.11 Å². The molecule has 1 aliphatic carbocycles. The van der Waals surface area contributed by atoms with Crippen LogP contribution in [0.1, 0.15) is 23.7 Å². The van der Waals surface area contributed by atoms with Gasteiger partial charge in [0.1, 0.15) is 11.9 Å². The van der Waals surface area contributed by atoms with E-state index < -0.39 is 0 Å². The highest BCUT2D eigenvalue weighted by atomic mass is 16.6. The predicted octanol–water partition coefficient (Wildman–Crippen LogP) is 2.59. The number of benzene rings is 1. The highest BCUT2D eigenvalue weighted by molar-refractivity contribution is 5.69. The second-order valence-electron chi connectivity index (χ2n) is 5.24. The van der Waals surface area contributed by atoms with Gasteiger partial charge in [-0.1, -0.05) is 12.1 Å². The van der Waals surface area contributed by atoms with Crippen LogP contribution in [0.2, 0.25) is 0 Å². The van der Waals surface area contributed by atoms with Crippen LogP contribution in [0, 0.1) is 5.41 Å². The first-order chi connectivity index (χ1) is 9.18. The number of carbonyl (C=O) groups is 1. The molecule has 19 heavy (non-hydrogen) atoms. The molecule has 4 nitrogen and oxygen atoms in total. The lowest BCUT2D eigenvalue weighted by Gasteiger charge is -2.38. The van der Waals surface area contributed by atoms with E-state index in [1.807, 2.05) is 18.2 Å². The lowest BCUT2D eigenvalue weighted by molar-refractivity contribution is -0.0112. The number of allylic oxidation sites excluding steroid dienone is 1. The van der Waals surface area contributed by atoms with E-state index in [1.54, 1.807) is 7.11 Å². The number of nitrogens with one attached hydrogen (secondary N) is 1. The van der Waals surface area contributed by atoms with Crippen molar-refractivity contribution in [2.75, 3.05) is 13.7 Å². The normalized spacial score (nSPS) is 27.8. The predicted molar refractivity (Wildman–Crippen MR) is 71.2 cm³/mol. The number of alkyl carbamates (subject to hydrolysis) is 1. The zero-order chi connectivity index (χ0) is 13.5. The van der Waals surface area contributed by atoms with Crippen LogP contribution >= 0.6 is 0 Å². The summed E-state index contributed by atoms with van der Waals surface area (Å²) >= 11 is 0. The molecule has 0 radical (unpaired) electrons. The van der Waals surface area contributed by atoms with Gasteiger partial charge < -0.3 is 14.8 Å². The maximum absolute atomic E-state index is 11.5. The molecule has 0 bridgehead atoms. The molecule has 1 saturated heterocycles. The van der Waals surface area contributed by atoms with E-state index in [0.717, 1.165) is 24.2 Å². The molecule has 1 aromatic rings. The molecule has 100 valence electrons. The van der Waals surface area contributed by atoms with E-state index in [9.17, 15) is 4.79 Å². The van der Waals surface area contributed by atoms with Gasteiger partial charge in [-0.3, -0.25) is 0 Å². The van der Waals surface area contributed by atoms with Crippen LogP contribution in [0.3, 0.4) is 0 Å².